The van der Waals surface area contributed by atoms with Crippen LogP contribution >= 0.6 is 0 Å². The molecule has 0 heterocycles. The van der Waals surface area contributed by atoms with E-state index in [0.29, 0.717) is 29.5 Å². The summed E-state index contributed by atoms with van der Waals surface area (Å²) >= 11 is 0. The summed E-state index contributed by atoms with van der Waals surface area (Å²) < 4.78 is 15.2. The topological polar surface area (TPSA) is 73.9 Å². The highest BCUT2D eigenvalue weighted by molar-refractivity contribution is 5.89. The van der Waals surface area contributed by atoms with Gasteiger partial charge in [-0.05, 0) is 24.1 Å². The van der Waals surface area contributed by atoms with E-state index in [1.807, 2.05) is 13.8 Å². The number of hydrogen-bond donors (Lipinski definition) is 1. The fourth-order valence-corrected chi connectivity index (χ4v) is 1.67. The first-order chi connectivity index (χ1) is 11.0. The number of rotatable bonds is 8. The fourth-order valence-electron chi connectivity index (χ4n) is 1.67. The lowest BCUT2D eigenvalue weighted by Crippen LogP contribution is -2.31. The lowest BCUT2D eigenvalue weighted by Gasteiger charge is -2.08. The first kappa shape index (κ1) is 18.5. The summed E-state index contributed by atoms with van der Waals surface area (Å²) in [6.45, 7) is 4.22. The van der Waals surface area contributed by atoms with Crippen molar-refractivity contribution >= 4 is 18.0 Å². The molecule has 6 nitrogen and oxygen atoms in total. The SMILES string of the molecule is COc1ccc(C=CC(=O)OCC(=O)NCC(C)C)c(OC)c1. The van der Waals surface area contributed by atoms with E-state index in [0.717, 1.165) is 0 Å². The van der Waals surface area contributed by atoms with Crippen LogP contribution in [0.2, 0.25) is 0 Å². The van der Waals surface area contributed by atoms with Gasteiger partial charge in [0.25, 0.3) is 5.91 Å². The third-order valence-corrected chi connectivity index (χ3v) is 2.89. The Morgan fingerprint density at radius 1 is 1.22 bits per heavy atom. The zero-order valence-electron chi connectivity index (χ0n) is 13.9. The Bertz CT molecular complexity index is 566. The van der Waals surface area contributed by atoms with Crippen LogP contribution in [0.15, 0.2) is 24.3 Å². The molecule has 1 aromatic rings. The van der Waals surface area contributed by atoms with Gasteiger partial charge in [0.2, 0.25) is 0 Å². The average molecular weight is 321 g/mol. The normalized spacial score (nSPS) is 10.7. The van der Waals surface area contributed by atoms with Gasteiger partial charge in [0.05, 0.1) is 14.2 Å². The predicted molar refractivity (Wildman–Crippen MR) is 87.4 cm³/mol. The van der Waals surface area contributed by atoms with Gasteiger partial charge in [-0.2, -0.15) is 0 Å². The summed E-state index contributed by atoms with van der Waals surface area (Å²) in [4.78, 5) is 23.1. The number of esters is 1. The Morgan fingerprint density at radius 3 is 2.57 bits per heavy atom. The van der Waals surface area contributed by atoms with E-state index in [1.54, 1.807) is 31.4 Å². The number of ether oxygens (including phenoxy) is 3. The highest BCUT2D eigenvalue weighted by Crippen LogP contribution is 2.25. The minimum absolute atomic E-state index is 0.296. The third kappa shape index (κ3) is 6.86. The summed E-state index contributed by atoms with van der Waals surface area (Å²) in [6, 6.07) is 5.23. The standard InChI is InChI=1S/C17H23NO5/c1-12(2)10-18-16(19)11-23-17(20)8-6-13-5-7-14(21-3)9-15(13)22-4/h5-9,12H,10-11H2,1-4H3,(H,18,19). The zero-order valence-corrected chi connectivity index (χ0v) is 13.9. The van der Waals surface area contributed by atoms with Crippen LogP contribution in [0.4, 0.5) is 0 Å². The van der Waals surface area contributed by atoms with Crippen LogP contribution in [0, 0.1) is 5.92 Å². The van der Waals surface area contributed by atoms with Gasteiger partial charge in [-0.3, -0.25) is 4.79 Å². The van der Waals surface area contributed by atoms with Gasteiger partial charge >= 0.3 is 5.97 Å². The summed E-state index contributed by atoms with van der Waals surface area (Å²) in [7, 11) is 3.09. The molecule has 1 N–H and O–H groups in total. The van der Waals surface area contributed by atoms with Crippen LogP contribution in [0.3, 0.4) is 0 Å². The Hall–Kier alpha value is -2.50. The van der Waals surface area contributed by atoms with Gasteiger partial charge in [-0.25, -0.2) is 4.79 Å². The third-order valence-electron chi connectivity index (χ3n) is 2.89. The van der Waals surface area contributed by atoms with E-state index in [1.165, 1.54) is 13.2 Å². The van der Waals surface area contributed by atoms with Crippen molar-refractivity contribution < 1.29 is 23.8 Å². The molecule has 0 saturated carbocycles. The number of hydrogen-bond acceptors (Lipinski definition) is 5. The number of amides is 1. The molecule has 0 bridgehead atoms. The average Bonchev–Trinajstić information content (AvgIpc) is 2.55. The molecule has 0 saturated heterocycles. The molecule has 0 spiro atoms. The van der Waals surface area contributed by atoms with Crippen LogP contribution < -0.4 is 14.8 Å². The van der Waals surface area contributed by atoms with Gasteiger partial charge in [0, 0.05) is 24.3 Å². The first-order valence-corrected chi connectivity index (χ1v) is 7.29. The number of methoxy groups -OCH3 is 2. The predicted octanol–water partition coefficient (Wildman–Crippen LogP) is 2.03. The molecule has 0 radical (unpaired) electrons. The van der Waals surface area contributed by atoms with E-state index in [4.69, 9.17) is 14.2 Å². The Kier molecular flexibility index (Phi) is 7.66. The van der Waals surface area contributed by atoms with Gasteiger partial charge in [-0.1, -0.05) is 13.8 Å². The summed E-state index contributed by atoms with van der Waals surface area (Å²) in [5.74, 6) is 0.661. The van der Waals surface area contributed by atoms with Gasteiger partial charge in [0.15, 0.2) is 6.61 Å². The summed E-state index contributed by atoms with van der Waals surface area (Å²) in [6.07, 6.45) is 2.81. The number of carbonyl (C=O) groups is 2. The molecule has 0 fully saturated rings. The highest BCUT2D eigenvalue weighted by atomic mass is 16.5. The molecule has 1 aromatic carbocycles. The lowest BCUT2D eigenvalue weighted by atomic mass is 10.2. The van der Waals surface area contributed by atoms with Crippen molar-refractivity contribution in [3.63, 3.8) is 0 Å². The summed E-state index contributed by atoms with van der Waals surface area (Å²) in [5, 5.41) is 2.67. The molecule has 0 atom stereocenters. The second-order valence-electron chi connectivity index (χ2n) is 5.25. The quantitative estimate of drug-likeness (QED) is 0.586. The largest absolute Gasteiger partial charge is 0.497 e. The van der Waals surface area contributed by atoms with Crippen LogP contribution in [0.25, 0.3) is 6.08 Å². The smallest absolute Gasteiger partial charge is 0.331 e. The summed E-state index contributed by atoms with van der Waals surface area (Å²) in [5.41, 5.74) is 0.703. The monoisotopic (exact) mass is 321 g/mol. The van der Waals surface area contributed by atoms with Crippen molar-refractivity contribution in [3.8, 4) is 11.5 Å². The maximum Gasteiger partial charge on any atom is 0.331 e. The van der Waals surface area contributed by atoms with Crippen LogP contribution in [-0.4, -0.2) is 39.2 Å². The molecule has 6 heteroatoms. The maximum absolute atomic E-state index is 11.6. The van der Waals surface area contributed by atoms with Crippen LogP contribution in [-0.2, 0) is 14.3 Å². The van der Waals surface area contributed by atoms with Crippen molar-refractivity contribution in [2.45, 2.75) is 13.8 Å². The molecule has 0 aromatic heterocycles. The molecule has 23 heavy (non-hydrogen) atoms. The van der Waals surface area contributed by atoms with Crippen LogP contribution in [0.1, 0.15) is 19.4 Å². The van der Waals surface area contributed by atoms with Crippen molar-refractivity contribution in [2.24, 2.45) is 5.92 Å². The molecule has 0 aliphatic heterocycles. The fraction of sp³-hybridized carbons (Fsp3) is 0.412. The maximum atomic E-state index is 11.6. The second-order valence-corrected chi connectivity index (χ2v) is 5.25. The van der Waals surface area contributed by atoms with E-state index in [9.17, 15) is 9.59 Å². The number of carbonyl (C=O) groups excluding carboxylic acids is 2. The van der Waals surface area contributed by atoms with Gasteiger partial charge < -0.3 is 19.5 Å². The molecule has 126 valence electrons. The van der Waals surface area contributed by atoms with E-state index < -0.39 is 5.97 Å². The van der Waals surface area contributed by atoms with Gasteiger partial charge in [0.1, 0.15) is 11.5 Å². The second kappa shape index (κ2) is 9.50. The molecular formula is C17H23NO5. The Labute approximate surface area is 136 Å². The van der Waals surface area contributed by atoms with Gasteiger partial charge in [-0.15, -0.1) is 0 Å². The molecule has 1 rings (SSSR count). The Balaban J connectivity index is 2.53. The van der Waals surface area contributed by atoms with Crippen molar-refractivity contribution in [2.75, 3.05) is 27.4 Å². The van der Waals surface area contributed by atoms with Crippen molar-refractivity contribution in [3.05, 3.63) is 29.8 Å². The van der Waals surface area contributed by atoms with Crippen LogP contribution in [0.5, 0.6) is 11.5 Å². The number of benzene rings is 1. The van der Waals surface area contributed by atoms with E-state index >= 15 is 0 Å². The molecular weight excluding hydrogens is 298 g/mol. The van der Waals surface area contributed by atoms with E-state index in [-0.39, 0.29) is 12.5 Å². The van der Waals surface area contributed by atoms with Crippen molar-refractivity contribution in [1.29, 1.82) is 0 Å². The number of nitrogens with one attached hydrogen (secondary N) is 1. The molecule has 1 amide bonds. The van der Waals surface area contributed by atoms with E-state index in [2.05, 4.69) is 5.32 Å². The zero-order chi connectivity index (χ0) is 17.2. The highest BCUT2D eigenvalue weighted by Gasteiger charge is 2.06. The molecule has 0 aliphatic rings. The first-order valence-electron chi connectivity index (χ1n) is 7.29. The lowest BCUT2D eigenvalue weighted by molar-refractivity contribution is -0.143. The minimum Gasteiger partial charge on any atom is -0.497 e. The molecule has 0 aliphatic carbocycles. The molecule has 0 unspecified atom stereocenters. The van der Waals surface area contributed by atoms with Crippen molar-refractivity contribution in [1.82, 2.24) is 5.32 Å². The minimum atomic E-state index is -0.595. The Morgan fingerprint density at radius 2 is 1.96 bits per heavy atom.